The first kappa shape index (κ1) is 15.4. The molecule has 4 nitrogen and oxygen atoms in total. The van der Waals surface area contributed by atoms with E-state index in [1.165, 1.54) is 0 Å². The second-order valence-corrected chi connectivity index (χ2v) is 5.96. The Hall–Kier alpha value is -2.53. The predicted molar refractivity (Wildman–Crippen MR) is 93.9 cm³/mol. The highest BCUT2D eigenvalue weighted by atomic mass is 79.9. The Labute approximate surface area is 142 Å². The lowest BCUT2D eigenvalue weighted by Crippen LogP contribution is -1.93. The molecule has 0 aliphatic rings. The lowest BCUT2D eigenvalue weighted by molar-refractivity contribution is 0.104. The summed E-state index contributed by atoms with van der Waals surface area (Å²) in [6.07, 6.45) is 8.72. The van der Waals surface area contributed by atoms with Crippen molar-refractivity contribution in [3.05, 3.63) is 76.7 Å². The van der Waals surface area contributed by atoms with Crippen LogP contribution in [0.4, 0.5) is 0 Å². The van der Waals surface area contributed by atoms with Gasteiger partial charge in [-0.05, 0) is 48.6 Å². The molecular formula is C18H14BrN3O. The van der Waals surface area contributed by atoms with Crippen molar-refractivity contribution in [2.45, 2.75) is 0 Å². The molecular weight excluding hydrogens is 354 g/mol. The van der Waals surface area contributed by atoms with Crippen molar-refractivity contribution in [1.82, 2.24) is 14.8 Å². The number of carbonyl (C=O) groups is 1. The number of aryl methyl sites for hydroxylation is 1. The molecule has 5 heteroatoms. The van der Waals surface area contributed by atoms with Crippen molar-refractivity contribution in [3.8, 4) is 11.3 Å². The van der Waals surface area contributed by atoms with Crippen LogP contribution in [0.3, 0.4) is 0 Å². The zero-order valence-corrected chi connectivity index (χ0v) is 14.1. The number of hydrogen-bond acceptors (Lipinski definition) is 3. The number of rotatable bonds is 4. The Bertz CT molecular complexity index is 852. The van der Waals surface area contributed by atoms with Crippen molar-refractivity contribution in [3.63, 3.8) is 0 Å². The third-order valence-corrected chi connectivity index (χ3v) is 3.88. The average molecular weight is 368 g/mol. The monoisotopic (exact) mass is 367 g/mol. The van der Waals surface area contributed by atoms with E-state index in [0.717, 1.165) is 21.3 Å². The van der Waals surface area contributed by atoms with Crippen LogP contribution >= 0.6 is 15.9 Å². The summed E-state index contributed by atoms with van der Waals surface area (Å²) < 4.78 is 2.68. The number of ketones is 1. The van der Waals surface area contributed by atoms with Crippen LogP contribution in [0.1, 0.15) is 15.9 Å². The third-order valence-electron chi connectivity index (χ3n) is 3.35. The largest absolute Gasteiger partial charge is 0.289 e. The summed E-state index contributed by atoms with van der Waals surface area (Å²) in [6.45, 7) is 0. The standard InChI is InChI=1S/C18H14BrN3O/c1-22-12-15(18(21-22)14-8-10-20-11-9-14)4-7-17(23)13-2-5-16(19)6-3-13/h2-12H,1H3. The molecule has 0 saturated heterocycles. The van der Waals surface area contributed by atoms with Gasteiger partial charge in [0.2, 0.25) is 0 Å². The fourth-order valence-electron chi connectivity index (χ4n) is 2.24. The molecule has 23 heavy (non-hydrogen) atoms. The van der Waals surface area contributed by atoms with Gasteiger partial charge in [-0.25, -0.2) is 0 Å². The van der Waals surface area contributed by atoms with Crippen LogP contribution in [-0.2, 0) is 7.05 Å². The molecule has 0 fully saturated rings. The molecule has 2 aromatic heterocycles. The van der Waals surface area contributed by atoms with Crippen molar-refractivity contribution in [2.24, 2.45) is 7.05 Å². The van der Waals surface area contributed by atoms with Gasteiger partial charge in [0.25, 0.3) is 0 Å². The van der Waals surface area contributed by atoms with Crippen LogP contribution in [0.15, 0.2) is 65.5 Å². The number of benzene rings is 1. The first-order valence-electron chi connectivity index (χ1n) is 7.05. The van der Waals surface area contributed by atoms with Crippen molar-refractivity contribution in [1.29, 1.82) is 0 Å². The highest BCUT2D eigenvalue weighted by Gasteiger charge is 2.08. The van der Waals surface area contributed by atoms with Gasteiger partial charge in [0.05, 0.1) is 5.69 Å². The number of nitrogens with zero attached hydrogens (tertiary/aromatic N) is 3. The molecule has 3 rings (SSSR count). The van der Waals surface area contributed by atoms with E-state index in [9.17, 15) is 4.79 Å². The second-order valence-electron chi connectivity index (χ2n) is 5.05. The minimum atomic E-state index is -0.0398. The Morgan fingerprint density at radius 2 is 1.83 bits per heavy atom. The fraction of sp³-hybridized carbons (Fsp3) is 0.0556. The van der Waals surface area contributed by atoms with Gasteiger partial charge in [-0.1, -0.05) is 15.9 Å². The molecule has 0 aliphatic carbocycles. The summed E-state index contributed by atoms with van der Waals surface area (Å²) in [7, 11) is 1.86. The van der Waals surface area contributed by atoms with Gasteiger partial charge in [-0.2, -0.15) is 5.10 Å². The molecule has 0 atom stereocenters. The van der Waals surface area contributed by atoms with E-state index in [1.54, 1.807) is 41.4 Å². The quantitative estimate of drug-likeness (QED) is 0.514. The fourth-order valence-corrected chi connectivity index (χ4v) is 2.50. The van der Waals surface area contributed by atoms with Gasteiger partial charge < -0.3 is 0 Å². The molecule has 0 spiro atoms. The second kappa shape index (κ2) is 6.71. The summed E-state index contributed by atoms with van der Waals surface area (Å²) >= 11 is 3.36. The third kappa shape index (κ3) is 3.63. The molecule has 0 saturated carbocycles. The highest BCUT2D eigenvalue weighted by Crippen LogP contribution is 2.22. The van der Waals surface area contributed by atoms with E-state index >= 15 is 0 Å². The molecule has 2 heterocycles. The number of pyridine rings is 1. The van der Waals surface area contributed by atoms with Gasteiger partial charge in [-0.3, -0.25) is 14.5 Å². The lowest BCUT2D eigenvalue weighted by Gasteiger charge is -1.98. The predicted octanol–water partition coefficient (Wildman–Crippen LogP) is 4.14. The molecule has 1 aromatic carbocycles. The maximum absolute atomic E-state index is 12.2. The smallest absolute Gasteiger partial charge is 0.185 e. The average Bonchev–Trinajstić information content (AvgIpc) is 2.95. The molecule has 0 bridgehead atoms. The summed E-state index contributed by atoms with van der Waals surface area (Å²) in [4.78, 5) is 16.3. The van der Waals surface area contributed by atoms with Gasteiger partial charge >= 0.3 is 0 Å². The summed E-state index contributed by atoms with van der Waals surface area (Å²) in [5.41, 5.74) is 3.34. The van der Waals surface area contributed by atoms with Gasteiger partial charge in [-0.15, -0.1) is 0 Å². The molecule has 114 valence electrons. The zero-order chi connectivity index (χ0) is 16.2. The first-order valence-corrected chi connectivity index (χ1v) is 7.85. The lowest BCUT2D eigenvalue weighted by atomic mass is 10.1. The van der Waals surface area contributed by atoms with Crippen LogP contribution in [0.2, 0.25) is 0 Å². The van der Waals surface area contributed by atoms with Crippen molar-refractivity contribution >= 4 is 27.8 Å². The molecule has 0 N–H and O–H groups in total. The Balaban J connectivity index is 1.88. The topological polar surface area (TPSA) is 47.8 Å². The minimum Gasteiger partial charge on any atom is -0.289 e. The normalized spacial score (nSPS) is 11.0. The summed E-state index contributed by atoms with van der Waals surface area (Å²) in [6, 6.07) is 11.1. The number of hydrogen-bond donors (Lipinski definition) is 0. The van der Waals surface area contributed by atoms with E-state index in [-0.39, 0.29) is 5.78 Å². The molecule has 0 unspecified atom stereocenters. The maximum Gasteiger partial charge on any atom is 0.185 e. The van der Waals surface area contributed by atoms with E-state index in [2.05, 4.69) is 26.0 Å². The minimum absolute atomic E-state index is 0.0398. The van der Waals surface area contributed by atoms with Crippen LogP contribution in [0.5, 0.6) is 0 Å². The summed E-state index contributed by atoms with van der Waals surface area (Å²) in [5.74, 6) is -0.0398. The zero-order valence-electron chi connectivity index (χ0n) is 12.5. The Morgan fingerprint density at radius 1 is 1.13 bits per heavy atom. The van der Waals surface area contributed by atoms with Crippen molar-refractivity contribution < 1.29 is 4.79 Å². The van der Waals surface area contributed by atoms with Crippen molar-refractivity contribution in [2.75, 3.05) is 0 Å². The molecule has 0 radical (unpaired) electrons. The molecule has 0 aliphatic heterocycles. The SMILES string of the molecule is Cn1cc(C=CC(=O)c2ccc(Br)cc2)c(-c2ccncc2)n1. The van der Waals surface area contributed by atoms with E-state index in [1.807, 2.05) is 37.5 Å². The van der Waals surface area contributed by atoms with E-state index < -0.39 is 0 Å². The van der Waals surface area contributed by atoms with Gasteiger partial charge in [0, 0.05) is 46.8 Å². The van der Waals surface area contributed by atoms with Gasteiger partial charge in [0.1, 0.15) is 0 Å². The molecule has 3 aromatic rings. The van der Waals surface area contributed by atoms with Crippen LogP contribution in [0.25, 0.3) is 17.3 Å². The number of halogens is 1. The van der Waals surface area contributed by atoms with E-state index in [0.29, 0.717) is 5.56 Å². The number of allylic oxidation sites excluding steroid dienone is 1. The maximum atomic E-state index is 12.2. The van der Waals surface area contributed by atoms with E-state index in [4.69, 9.17) is 0 Å². The van der Waals surface area contributed by atoms with Crippen LogP contribution in [-0.4, -0.2) is 20.5 Å². The number of carbonyl (C=O) groups excluding carboxylic acids is 1. The summed E-state index contributed by atoms with van der Waals surface area (Å²) in [5, 5.41) is 4.46. The van der Waals surface area contributed by atoms with Gasteiger partial charge in [0.15, 0.2) is 5.78 Å². The van der Waals surface area contributed by atoms with Crippen LogP contribution < -0.4 is 0 Å². The van der Waals surface area contributed by atoms with Crippen LogP contribution in [0, 0.1) is 0 Å². The Kier molecular flexibility index (Phi) is 4.48. The first-order chi connectivity index (χ1) is 11.1. The molecule has 0 amide bonds. The number of aromatic nitrogens is 3. The Morgan fingerprint density at radius 3 is 2.52 bits per heavy atom. The highest BCUT2D eigenvalue weighted by molar-refractivity contribution is 9.10.